The minimum Gasteiger partial charge on any atom is -0.324 e. The number of piperazine rings is 1. The van der Waals surface area contributed by atoms with Gasteiger partial charge in [0.15, 0.2) is 0 Å². The van der Waals surface area contributed by atoms with Gasteiger partial charge in [0.1, 0.15) is 0 Å². The molecule has 1 aromatic carbocycles. The van der Waals surface area contributed by atoms with Gasteiger partial charge in [0.05, 0.1) is 9.83 Å². The van der Waals surface area contributed by atoms with E-state index in [-0.39, 0.29) is 11.9 Å². The molecule has 2 heterocycles. The summed E-state index contributed by atoms with van der Waals surface area (Å²) in [5.41, 5.74) is 3.18. The number of thiophene rings is 1. The van der Waals surface area contributed by atoms with Gasteiger partial charge in [-0.05, 0) is 66.0 Å². The first kappa shape index (κ1) is 19.5. The summed E-state index contributed by atoms with van der Waals surface area (Å²) in [5.74, 6) is 0.0781. The van der Waals surface area contributed by atoms with Crippen LogP contribution in [0.3, 0.4) is 0 Å². The molecule has 1 atom stereocenters. The maximum atomic E-state index is 12.7. The van der Waals surface area contributed by atoms with E-state index in [1.165, 1.54) is 8.66 Å². The number of hydrogen-bond acceptors (Lipinski definition) is 4. The van der Waals surface area contributed by atoms with Gasteiger partial charge >= 0.3 is 0 Å². The van der Waals surface area contributed by atoms with E-state index in [4.69, 9.17) is 0 Å². The van der Waals surface area contributed by atoms with Crippen LogP contribution in [0.15, 0.2) is 34.1 Å². The molecule has 4 nitrogen and oxygen atoms in total. The molecule has 0 spiro atoms. The Labute approximate surface area is 168 Å². The van der Waals surface area contributed by atoms with Crippen LogP contribution in [0.1, 0.15) is 22.9 Å². The summed E-state index contributed by atoms with van der Waals surface area (Å²) >= 11 is 5.32. The number of rotatable bonds is 5. The highest BCUT2D eigenvalue weighted by atomic mass is 79.9. The maximum Gasteiger partial charge on any atom is 0.241 e. The zero-order valence-corrected chi connectivity index (χ0v) is 18.0. The summed E-state index contributed by atoms with van der Waals surface area (Å²) in [6.07, 6.45) is 0. The van der Waals surface area contributed by atoms with Gasteiger partial charge in [-0.1, -0.05) is 12.1 Å². The van der Waals surface area contributed by atoms with Crippen molar-refractivity contribution in [3.8, 4) is 0 Å². The van der Waals surface area contributed by atoms with Crippen molar-refractivity contribution in [2.24, 2.45) is 0 Å². The molecule has 1 aliphatic rings. The first-order chi connectivity index (χ1) is 12.4. The highest BCUT2D eigenvalue weighted by Gasteiger charge is 2.26. The summed E-state index contributed by atoms with van der Waals surface area (Å²) in [7, 11) is 0. The van der Waals surface area contributed by atoms with Gasteiger partial charge in [-0.15, -0.1) is 11.3 Å². The predicted octanol–water partition coefficient (Wildman–Crippen LogP) is 4.27. The second kappa shape index (κ2) is 8.65. The van der Waals surface area contributed by atoms with Crippen molar-refractivity contribution < 1.29 is 4.79 Å². The topological polar surface area (TPSA) is 35.6 Å². The number of carbonyl (C=O) groups is 1. The van der Waals surface area contributed by atoms with Crippen LogP contribution in [0.25, 0.3) is 0 Å². The molecule has 1 fully saturated rings. The molecule has 0 bridgehead atoms. The van der Waals surface area contributed by atoms with Crippen molar-refractivity contribution in [3.63, 3.8) is 0 Å². The lowest BCUT2D eigenvalue weighted by Crippen LogP contribution is -2.52. The van der Waals surface area contributed by atoms with E-state index in [9.17, 15) is 4.79 Å². The SMILES string of the molecule is Cc1ccc(C)c(NC(=O)[C@@H](C)N2CCN(Cc3ccc(Br)s3)CC2)c1. The molecule has 1 aromatic heterocycles. The zero-order valence-electron chi connectivity index (χ0n) is 15.6. The van der Waals surface area contributed by atoms with Crippen LogP contribution in [-0.2, 0) is 11.3 Å². The minimum absolute atomic E-state index is 0.0781. The highest BCUT2D eigenvalue weighted by molar-refractivity contribution is 9.11. The molecule has 2 aromatic rings. The quantitative estimate of drug-likeness (QED) is 0.761. The number of nitrogens with one attached hydrogen (secondary N) is 1. The molecule has 0 radical (unpaired) electrons. The van der Waals surface area contributed by atoms with Crippen molar-refractivity contribution in [2.75, 3.05) is 31.5 Å². The second-order valence-electron chi connectivity index (χ2n) is 7.00. The summed E-state index contributed by atoms with van der Waals surface area (Å²) in [5, 5.41) is 3.10. The monoisotopic (exact) mass is 435 g/mol. The third-order valence-corrected chi connectivity index (χ3v) is 6.60. The lowest BCUT2D eigenvalue weighted by molar-refractivity contribution is -0.121. The van der Waals surface area contributed by atoms with Gasteiger partial charge in [-0.25, -0.2) is 0 Å². The van der Waals surface area contributed by atoms with Crippen LogP contribution in [0.2, 0.25) is 0 Å². The van der Waals surface area contributed by atoms with E-state index in [0.717, 1.165) is 49.5 Å². The summed E-state index contributed by atoms with van der Waals surface area (Å²) in [6.45, 7) is 10.9. The number of hydrogen-bond donors (Lipinski definition) is 1. The number of amides is 1. The number of benzene rings is 1. The van der Waals surface area contributed by atoms with Crippen molar-refractivity contribution in [1.29, 1.82) is 0 Å². The van der Waals surface area contributed by atoms with Crippen molar-refractivity contribution >= 4 is 38.9 Å². The van der Waals surface area contributed by atoms with Gasteiger partial charge in [0, 0.05) is 43.3 Å². The lowest BCUT2D eigenvalue weighted by atomic mass is 10.1. The van der Waals surface area contributed by atoms with Crippen LogP contribution in [0.5, 0.6) is 0 Å². The fourth-order valence-corrected chi connectivity index (χ4v) is 4.77. The molecule has 0 unspecified atom stereocenters. The number of anilines is 1. The van der Waals surface area contributed by atoms with Gasteiger partial charge < -0.3 is 5.32 Å². The second-order valence-corrected chi connectivity index (χ2v) is 9.55. The molecule has 0 aliphatic carbocycles. The lowest BCUT2D eigenvalue weighted by Gasteiger charge is -2.37. The Morgan fingerprint density at radius 2 is 1.92 bits per heavy atom. The van der Waals surface area contributed by atoms with Crippen LogP contribution in [-0.4, -0.2) is 47.9 Å². The Balaban J connectivity index is 1.51. The van der Waals surface area contributed by atoms with E-state index in [0.29, 0.717) is 0 Å². The third-order valence-electron chi connectivity index (χ3n) is 4.99. The fraction of sp³-hybridized carbons (Fsp3) is 0.450. The summed E-state index contributed by atoms with van der Waals surface area (Å²) in [4.78, 5) is 18.8. The smallest absolute Gasteiger partial charge is 0.241 e. The normalized spacial score (nSPS) is 17.2. The Bertz CT molecular complexity index is 768. The fourth-order valence-electron chi connectivity index (χ4n) is 3.24. The van der Waals surface area contributed by atoms with E-state index in [2.05, 4.69) is 55.3 Å². The molecular formula is C20H26BrN3OS. The van der Waals surface area contributed by atoms with E-state index < -0.39 is 0 Å². The molecule has 140 valence electrons. The van der Waals surface area contributed by atoms with Gasteiger partial charge in [0.25, 0.3) is 0 Å². The molecule has 26 heavy (non-hydrogen) atoms. The first-order valence-electron chi connectivity index (χ1n) is 9.01. The molecule has 3 rings (SSSR count). The molecule has 6 heteroatoms. The van der Waals surface area contributed by atoms with Crippen molar-refractivity contribution in [1.82, 2.24) is 9.80 Å². The average molecular weight is 436 g/mol. The largest absolute Gasteiger partial charge is 0.324 e. The van der Waals surface area contributed by atoms with Gasteiger partial charge in [-0.3, -0.25) is 14.6 Å². The van der Waals surface area contributed by atoms with Gasteiger partial charge in [0.2, 0.25) is 5.91 Å². The Hall–Kier alpha value is -1.21. The van der Waals surface area contributed by atoms with Crippen LogP contribution in [0, 0.1) is 13.8 Å². The Morgan fingerprint density at radius 3 is 2.58 bits per heavy atom. The minimum atomic E-state index is -0.118. The van der Waals surface area contributed by atoms with Crippen molar-refractivity contribution in [3.05, 3.63) is 50.1 Å². The number of halogens is 1. The molecule has 1 amide bonds. The number of carbonyl (C=O) groups excluding carboxylic acids is 1. The van der Waals surface area contributed by atoms with Gasteiger partial charge in [-0.2, -0.15) is 0 Å². The van der Waals surface area contributed by atoms with E-state index in [1.54, 1.807) is 11.3 Å². The summed E-state index contributed by atoms with van der Waals surface area (Å²) < 4.78 is 1.18. The average Bonchev–Trinajstić information content (AvgIpc) is 3.03. The first-order valence-corrected chi connectivity index (χ1v) is 10.6. The van der Waals surface area contributed by atoms with Crippen molar-refractivity contribution in [2.45, 2.75) is 33.4 Å². The third kappa shape index (κ3) is 4.94. The maximum absolute atomic E-state index is 12.7. The molecule has 1 saturated heterocycles. The highest BCUT2D eigenvalue weighted by Crippen LogP contribution is 2.24. The van der Waals surface area contributed by atoms with E-state index >= 15 is 0 Å². The van der Waals surface area contributed by atoms with Crippen LogP contribution in [0.4, 0.5) is 5.69 Å². The van der Waals surface area contributed by atoms with Crippen LogP contribution >= 0.6 is 27.3 Å². The van der Waals surface area contributed by atoms with E-state index in [1.807, 2.05) is 26.8 Å². The zero-order chi connectivity index (χ0) is 18.7. The standard InChI is InChI=1S/C20H26BrN3OS/c1-14-4-5-15(2)18(12-14)22-20(25)16(3)24-10-8-23(9-11-24)13-17-6-7-19(21)26-17/h4-7,12,16H,8-11,13H2,1-3H3,(H,22,25)/t16-/m1/s1. The van der Waals surface area contributed by atoms with Crippen LogP contribution < -0.4 is 5.32 Å². The molecule has 0 saturated carbocycles. The Kier molecular flexibility index (Phi) is 6.51. The number of nitrogens with zero attached hydrogens (tertiary/aromatic N) is 2. The molecule has 1 aliphatic heterocycles. The summed E-state index contributed by atoms with van der Waals surface area (Å²) in [6, 6.07) is 10.3. The number of aryl methyl sites for hydroxylation is 2. The Morgan fingerprint density at radius 1 is 1.19 bits per heavy atom. The molecular weight excluding hydrogens is 410 g/mol. The molecule has 1 N–H and O–H groups in total. The predicted molar refractivity (Wildman–Crippen MR) is 113 cm³/mol.